The summed E-state index contributed by atoms with van der Waals surface area (Å²) in [5, 5.41) is 0. The number of halogens is 2. The second-order valence-corrected chi connectivity index (χ2v) is 4.29. The fourth-order valence-electron chi connectivity index (χ4n) is 1.42. The minimum atomic E-state index is -0.338. The summed E-state index contributed by atoms with van der Waals surface area (Å²) in [6, 6.07) is 6.08. The number of ether oxygens (including phenoxy) is 1. The van der Waals surface area contributed by atoms with Gasteiger partial charge in [-0.2, -0.15) is 0 Å². The van der Waals surface area contributed by atoms with Crippen molar-refractivity contribution in [2.45, 2.75) is 13.2 Å². The Morgan fingerprint density at radius 1 is 1.35 bits per heavy atom. The van der Waals surface area contributed by atoms with Gasteiger partial charge in [0.1, 0.15) is 23.9 Å². The standard InChI is InChI=1S/C12H11BrFNO2/c13-10-2-1-9(14)5-11(10)17-7-8-3-4-16-12(8)6-15/h1-5H,6-7,15H2. The lowest BCUT2D eigenvalue weighted by molar-refractivity contribution is 0.298. The average Bonchev–Trinajstić information content (AvgIpc) is 2.77. The van der Waals surface area contributed by atoms with Crippen molar-refractivity contribution >= 4 is 15.9 Å². The van der Waals surface area contributed by atoms with Gasteiger partial charge in [0, 0.05) is 11.6 Å². The number of rotatable bonds is 4. The van der Waals surface area contributed by atoms with Crippen molar-refractivity contribution in [3.8, 4) is 5.75 Å². The van der Waals surface area contributed by atoms with Gasteiger partial charge >= 0.3 is 0 Å². The lowest BCUT2D eigenvalue weighted by Gasteiger charge is -2.07. The van der Waals surface area contributed by atoms with Crippen LogP contribution in [0.1, 0.15) is 11.3 Å². The Morgan fingerprint density at radius 3 is 2.94 bits per heavy atom. The molecule has 1 heterocycles. The molecule has 0 spiro atoms. The predicted octanol–water partition coefficient (Wildman–Crippen LogP) is 3.22. The maximum absolute atomic E-state index is 13.0. The number of hydrogen-bond acceptors (Lipinski definition) is 3. The topological polar surface area (TPSA) is 48.4 Å². The Kier molecular flexibility index (Phi) is 3.81. The minimum absolute atomic E-state index is 0.297. The second kappa shape index (κ2) is 5.33. The van der Waals surface area contributed by atoms with Crippen molar-refractivity contribution in [1.29, 1.82) is 0 Å². The van der Waals surface area contributed by atoms with Crippen LogP contribution < -0.4 is 10.5 Å². The highest BCUT2D eigenvalue weighted by Gasteiger charge is 2.07. The van der Waals surface area contributed by atoms with E-state index in [0.29, 0.717) is 29.1 Å². The third kappa shape index (κ3) is 2.87. The van der Waals surface area contributed by atoms with Crippen LogP contribution in [0.2, 0.25) is 0 Å². The molecule has 3 nitrogen and oxygen atoms in total. The van der Waals surface area contributed by atoms with E-state index in [1.54, 1.807) is 18.4 Å². The van der Waals surface area contributed by atoms with Gasteiger partial charge in [-0.1, -0.05) is 0 Å². The second-order valence-electron chi connectivity index (χ2n) is 3.44. The van der Waals surface area contributed by atoms with Gasteiger partial charge in [0.05, 0.1) is 17.3 Å². The largest absolute Gasteiger partial charge is 0.487 e. The maximum Gasteiger partial charge on any atom is 0.136 e. The predicted molar refractivity (Wildman–Crippen MR) is 65.0 cm³/mol. The zero-order valence-electron chi connectivity index (χ0n) is 8.95. The quantitative estimate of drug-likeness (QED) is 0.943. The molecule has 0 bridgehead atoms. The molecule has 0 amide bonds. The van der Waals surface area contributed by atoms with Crippen LogP contribution in [0.25, 0.3) is 0 Å². The SMILES string of the molecule is NCc1occc1COc1cc(F)ccc1Br. The van der Waals surface area contributed by atoms with Crippen LogP contribution >= 0.6 is 15.9 Å². The van der Waals surface area contributed by atoms with Gasteiger partial charge in [-0.05, 0) is 34.1 Å². The van der Waals surface area contributed by atoms with Crippen LogP contribution in [0.15, 0.2) is 39.4 Å². The first-order valence-corrected chi connectivity index (χ1v) is 5.83. The highest BCUT2D eigenvalue weighted by molar-refractivity contribution is 9.10. The minimum Gasteiger partial charge on any atom is -0.487 e. The van der Waals surface area contributed by atoms with Gasteiger partial charge in [0.25, 0.3) is 0 Å². The van der Waals surface area contributed by atoms with Gasteiger partial charge in [-0.25, -0.2) is 4.39 Å². The Labute approximate surface area is 106 Å². The summed E-state index contributed by atoms with van der Waals surface area (Å²) >= 11 is 3.29. The Morgan fingerprint density at radius 2 is 2.18 bits per heavy atom. The molecule has 0 radical (unpaired) electrons. The Bertz CT molecular complexity index is 513. The van der Waals surface area contributed by atoms with Gasteiger partial charge in [0.15, 0.2) is 0 Å². The summed E-state index contributed by atoms with van der Waals surface area (Å²) in [5.74, 6) is 0.793. The fourth-order valence-corrected chi connectivity index (χ4v) is 1.78. The molecular weight excluding hydrogens is 289 g/mol. The molecule has 5 heteroatoms. The molecule has 0 aliphatic rings. The molecule has 0 aliphatic carbocycles. The van der Waals surface area contributed by atoms with Crippen LogP contribution in [-0.2, 0) is 13.2 Å². The summed E-state index contributed by atoms with van der Waals surface area (Å²) in [6.45, 7) is 0.612. The summed E-state index contributed by atoms with van der Waals surface area (Å²) in [6.07, 6.45) is 1.56. The molecule has 1 aromatic heterocycles. The fraction of sp³-hybridized carbons (Fsp3) is 0.167. The van der Waals surface area contributed by atoms with E-state index in [2.05, 4.69) is 15.9 Å². The first-order valence-electron chi connectivity index (χ1n) is 5.04. The third-order valence-electron chi connectivity index (χ3n) is 2.30. The van der Waals surface area contributed by atoms with Gasteiger partial charge < -0.3 is 14.9 Å². The van der Waals surface area contributed by atoms with Gasteiger partial charge in [0.2, 0.25) is 0 Å². The third-order valence-corrected chi connectivity index (χ3v) is 2.95. The molecule has 17 heavy (non-hydrogen) atoms. The van der Waals surface area contributed by atoms with E-state index in [1.165, 1.54) is 12.1 Å². The van der Waals surface area contributed by atoms with E-state index in [0.717, 1.165) is 5.56 Å². The number of nitrogens with two attached hydrogens (primary N) is 1. The maximum atomic E-state index is 13.0. The molecule has 0 fully saturated rings. The molecule has 0 aliphatic heterocycles. The number of benzene rings is 1. The lowest BCUT2D eigenvalue weighted by Crippen LogP contribution is -2.02. The van der Waals surface area contributed by atoms with E-state index >= 15 is 0 Å². The normalized spacial score (nSPS) is 10.5. The lowest BCUT2D eigenvalue weighted by atomic mass is 10.2. The zero-order valence-corrected chi connectivity index (χ0v) is 10.5. The van der Waals surface area contributed by atoms with E-state index in [4.69, 9.17) is 14.9 Å². The number of furan rings is 1. The molecule has 2 N–H and O–H groups in total. The van der Waals surface area contributed by atoms with Crippen LogP contribution in [0.5, 0.6) is 5.75 Å². The van der Waals surface area contributed by atoms with E-state index in [1.807, 2.05) is 0 Å². The summed E-state index contributed by atoms with van der Waals surface area (Å²) in [4.78, 5) is 0. The van der Waals surface area contributed by atoms with Crippen molar-refractivity contribution < 1.29 is 13.5 Å². The van der Waals surface area contributed by atoms with Crippen LogP contribution in [0, 0.1) is 5.82 Å². The molecule has 0 saturated heterocycles. The monoisotopic (exact) mass is 299 g/mol. The molecular formula is C12H11BrFNO2. The first kappa shape index (κ1) is 12.1. The first-order chi connectivity index (χ1) is 8.20. The molecule has 0 atom stereocenters. The zero-order chi connectivity index (χ0) is 12.3. The van der Waals surface area contributed by atoms with E-state index < -0.39 is 0 Å². The van der Waals surface area contributed by atoms with E-state index in [-0.39, 0.29) is 5.82 Å². The number of hydrogen-bond donors (Lipinski definition) is 1. The van der Waals surface area contributed by atoms with Crippen molar-refractivity contribution in [1.82, 2.24) is 0 Å². The van der Waals surface area contributed by atoms with E-state index in [9.17, 15) is 4.39 Å². The molecule has 2 aromatic rings. The van der Waals surface area contributed by atoms with Crippen LogP contribution in [0.4, 0.5) is 4.39 Å². The van der Waals surface area contributed by atoms with Crippen LogP contribution in [-0.4, -0.2) is 0 Å². The highest BCUT2D eigenvalue weighted by atomic mass is 79.9. The summed E-state index contributed by atoms with van der Waals surface area (Å²) in [7, 11) is 0. The molecule has 1 aromatic carbocycles. The Balaban J connectivity index is 2.09. The summed E-state index contributed by atoms with van der Waals surface area (Å²) < 4.78 is 24.4. The molecule has 2 rings (SSSR count). The smallest absolute Gasteiger partial charge is 0.136 e. The van der Waals surface area contributed by atoms with Crippen LogP contribution in [0.3, 0.4) is 0 Å². The van der Waals surface area contributed by atoms with Crippen molar-refractivity contribution in [3.05, 3.63) is 52.1 Å². The average molecular weight is 300 g/mol. The highest BCUT2D eigenvalue weighted by Crippen LogP contribution is 2.26. The molecule has 90 valence electrons. The molecule has 0 unspecified atom stereocenters. The van der Waals surface area contributed by atoms with Crippen molar-refractivity contribution in [2.24, 2.45) is 5.73 Å². The van der Waals surface area contributed by atoms with Crippen molar-refractivity contribution in [3.63, 3.8) is 0 Å². The molecule has 0 saturated carbocycles. The van der Waals surface area contributed by atoms with Gasteiger partial charge in [-0.3, -0.25) is 0 Å². The van der Waals surface area contributed by atoms with Crippen molar-refractivity contribution in [2.75, 3.05) is 0 Å². The Hall–Kier alpha value is -1.33. The summed E-state index contributed by atoms with van der Waals surface area (Å²) in [5.41, 5.74) is 6.36. The van der Waals surface area contributed by atoms with Gasteiger partial charge in [-0.15, -0.1) is 0 Å².